The van der Waals surface area contributed by atoms with Crippen molar-refractivity contribution in [1.29, 1.82) is 0 Å². The van der Waals surface area contributed by atoms with Crippen molar-refractivity contribution in [2.24, 2.45) is 5.92 Å². The lowest BCUT2D eigenvalue weighted by Crippen LogP contribution is -2.24. The number of esters is 2. The molecule has 0 fully saturated rings. The molecule has 0 spiro atoms. The average molecular weight is 385 g/mol. The summed E-state index contributed by atoms with van der Waals surface area (Å²) < 4.78 is 10.8. The summed E-state index contributed by atoms with van der Waals surface area (Å²) in [7, 11) is 0. The minimum absolute atomic E-state index is 0.0457. The van der Waals surface area contributed by atoms with Crippen LogP contribution >= 0.6 is 0 Å². The van der Waals surface area contributed by atoms with Gasteiger partial charge in [-0.3, -0.25) is 9.59 Å². The summed E-state index contributed by atoms with van der Waals surface area (Å²) in [6.07, 6.45) is 13.7. The summed E-state index contributed by atoms with van der Waals surface area (Å²) in [5.74, 6) is 0.342. The summed E-state index contributed by atoms with van der Waals surface area (Å²) in [6.45, 7) is 9.14. The van der Waals surface area contributed by atoms with Crippen LogP contribution in [0.25, 0.3) is 0 Å². The molecule has 0 radical (unpaired) electrons. The van der Waals surface area contributed by atoms with E-state index >= 15 is 0 Å². The quantitative estimate of drug-likeness (QED) is 0.197. The second kappa shape index (κ2) is 18.3. The molecule has 0 N–H and O–H groups in total. The predicted octanol–water partition coefficient (Wildman–Crippen LogP) is 6.60. The minimum atomic E-state index is -0.0587. The molecule has 0 saturated heterocycles. The second-order valence-corrected chi connectivity index (χ2v) is 7.75. The lowest BCUT2D eigenvalue weighted by molar-refractivity contribution is -0.152. The second-order valence-electron chi connectivity index (χ2n) is 7.75. The third kappa shape index (κ3) is 15.7. The summed E-state index contributed by atoms with van der Waals surface area (Å²) in [6, 6.07) is 0. The van der Waals surface area contributed by atoms with E-state index in [4.69, 9.17) is 9.47 Å². The number of hydrogen-bond acceptors (Lipinski definition) is 4. The molecule has 0 aliphatic rings. The number of ether oxygens (including phenoxy) is 2. The molecule has 4 heteroatoms. The molecular weight excluding hydrogens is 340 g/mol. The van der Waals surface area contributed by atoms with E-state index in [-0.39, 0.29) is 18.0 Å². The Morgan fingerprint density at radius 2 is 1.33 bits per heavy atom. The fourth-order valence-corrected chi connectivity index (χ4v) is 3.33. The van der Waals surface area contributed by atoms with Gasteiger partial charge in [-0.15, -0.1) is 0 Å². The fraction of sp³-hybridized carbons (Fsp3) is 0.913. The molecule has 0 bridgehead atoms. The van der Waals surface area contributed by atoms with Crippen LogP contribution in [0.2, 0.25) is 0 Å². The van der Waals surface area contributed by atoms with Crippen molar-refractivity contribution < 1.29 is 19.1 Å². The molecule has 0 aromatic rings. The lowest BCUT2D eigenvalue weighted by Gasteiger charge is -2.22. The highest BCUT2D eigenvalue weighted by molar-refractivity contribution is 5.69. The lowest BCUT2D eigenvalue weighted by atomic mass is 9.97. The topological polar surface area (TPSA) is 52.6 Å². The first-order valence-electron chi connectivity index (χ1n) is 11.4. The minimum Gasteiger partial charge on any atom is -0.466 e. The van der Waals surface area contributed by atoms with Gasteiger partial charge in [0.1, 0.15) is 6.10 Å². The van der Waals surface area contributed by atoms with Gasteiger partial charge >= 0.3 is 11.9 Å². The van der Waals surface area contributed by atoms with E-state index in [0.717, 1.165) is 77.0 Å². The van der Waals surface area contributed by atoms with Gasteiger partial charge in [0.05, 0.1) is 6.61 Å². The van der Waals surface area contributed by atoms with Crippen LogP contribution in [0.1, 0.15) is 118 Å². The molecule has 0 aliphatic heterocycles. The fourth-order valence-electron chi connectivity index (χ4n) is 3.33. The number of rotatable bonds is 18. The molecule has 0 heterocycles. The number of unbranched alkanes of at least 4 members (excludes halogenated alkanes) is 7. The maximum atomic E-state index is 12.0. The van der Waals surface area contributed by atoms with Crippen LogP contribution in [0, 0.1) is 5.92 Å². The van der Waals surface area contributed by atoms with E-state index in [0.29, 0.717) is 25.4 Å². The molecule has 0 rings (SSSR count). The highest BCUT2D eigenvalue weighted by Crippen LogP contribution is 2.18. The van der Waals surface area contributed by atoms with E-state index in [1.165, 1.54) is 0 Å². The Morgan fingerprint density at radius 3 is 1.89 bits per heavy atom. The van der Waals surface area contributed by atoms with Gasteiger partial charge in [-0.25, -0.2) is 0 Å². The van der Waals surface area contributed by atoms with Crippen LogP contribution < -0.4 is 0 Å². The first-order valence-corrected chi connectivity index (χ1v) is 11.4. The molecular formula is C23H44O4. The number of carbonyl (C=O) groups is 2. The Kier molecular flexibility index (Phi) is 17.6. The Hall–Kier alpha value is -1.06. The van der Waals surface area contributed by atoms with E-state index in [2.05, 4.69) is 27.7 Å². The molecule has 0 amide bonds. The third-order valence-electron chi connectivity index (χ3n) is 5.09. The van der Waals surface area contributed by atoms with E-state index in [1.54, 1.807) is 0 Å². The highest BCUT2D eigenvalue weighted by Gasteiger charge is 2.18. The SMILES string of the molecule is CCCCCOC(=O)CCCCCCCCC(=O)OC(CC)C(C)CCC. The van der Waals surface area contributed by atoms with Crippen LogP contribution in [0.5, 0.6) is 0 Å². The molecule has 160 valence electrons. The molecule has 0 aromatic carbocycles. The smallest absolute Gasteiger partial charge is 0.306 e. The largest absolute Gasteiger partial charge is 0.466 e. The van der Waals surface area contributed by atoms with Crippen molar-refractivity contribution >= 4 is 11.9 Å². The van der Waals surface area contributed by atoms with Crippen molar-refractivity contribution in [1.82, 2.24) is 0 Å². The monoisotopic (exact) mass is 384 g/mol. The van der Waals surface area contributed by atoms with Crippen LogP contribution in [0.4, 0.5) is 0 Å². The van der Waals surface area contributed by atoms with Crippen LogP contribution in [-0.4, -0.2) is 24.6 Å². The molecule has 0 aromatic heterocycles. The zero-order chi connectivity index (χ0) is 20.3. The maximum Gasteiger partial charge on any atom is 0.306 e. The van der Waals surface area contributed by atoms with Crippen LogP contribution in [0.3, 0.4) is 0 Å². The Balaban J connectivity index is 3.55. The van der Waals surface area contributed by atoms with Gasteiger partial charge in [-0.1, -0.05) is 72.6 Å². The third-order valence-corrected chi connectivity index (χ3v) is 5.09. The van der Waals surface area contributed by atoms with Gasteiger partial charge < -0.3 is 9.47 Å². The summed E-state index contributed by atoms with van der Waals surface area (Å²) in [4.78, 5) is 23.5. The van der Waals surface area contributed by atoms with E-state index < -0.39 is 0 Å². The standard InChI is InChI=1S/C23H44O4/c1-5-8-15-19-26-22(24)17-13-11-9-10-12-14-18-23(25)27-21(7-3)20(4)16-6-2/h20-21H,5-19H2,1-4H3. The van der Waals surface area contributed by atoms with Gasteiger partial charge in [-0.2, -0.15) is 0 Å². The van der Waals surface area contributed by atoms with Gasteiger partial charge in [-0.05, 0) is 38.0 Å². The summed E-state index contributed by atoms with van der Waals surface area (Å²) >= 11 is 0. The van der Waals surface area contributed by atoms with Gasteiger partial charge in [0.25, 0.3) is 0 Å². The molecule has 4 nitrogen and oxygen atoms in total. The van der Waals surface area contributed by atoms with Crippen molar-refractivity contribution in [2.75, 3.05) is 6.61 Å². The van der Waals surface area contributed by atoms with Crippen molar-refractivity contribution in [2.45, 2.75) is 124 Å². The van der Waals surface area contributed by atoms with E-state index in [9.17, 15) is 9.59 Å². The zero-order valence-corrected chi connectivity index (χ0v) is 18.4. The zero-order valence-electron chi connectivity index (χ0n) is 18.4. The van der Waals surface area contributed by atoms with Crippen molar-refractivity contribution in [3.8, 4) is 0 Å². The van der Waals surface area contributed by atoms with Gasteiger partial charge in [0.2, 0.25) is 0 Å². The number of hydrogen-bond donors (Lipinski definition) is 0. The molecule has 27 heavy (non-hydrogen) atoms. The Labute approximate surface area is 167 Å². The average Bonchev–Trinajstić information content (AvgIpc) is 2.65. The first kappa shape index (κ1) is 25.9. The first-order chi connectivity index (χ1) is 13.0. The van der Waals surface area contributed by atoms with Crippen LogP contribution in [0.15, 0.2) is 0 Å². The normalized spacial score (nSPS) is 13.2. The predicted molar refractivity (Wildman–Crippen MR) is 112 cm³/mol. The molecule has 0 aliphatic carbocycles. The molecule has 0 saturated carbocycles. The summed E-state index contributed by atoms with van der Waals surface area (Å²) in [5, 5.41) is 0. The summed E-state index contributed by atoms with van der Waals surface area (Å²) in [5.41, 5.74) is 0. The van der Waals surface area contributed by atoms with Gasteiger partial charge in [0.15, 0.2) is 0 Å². The van der Waals surface area contributed by atoms with Crippen molar-refractivity contribution in [3.63, 3.8) is 0 Å². The van der Waals surface area contributed by atoms with Gasteiger partial charge in [0, 0.05) is 12.8 Å². The molecule has 2 atom stereocenters. The van der Waals surface area contributed by atoms with E-state index in [1.807, 2.05) is 0 Å². The number of carbonyl (C=O) groups excluding carboxylic acids is 2. The Morgan fingerprint density at radius 1 is 0.741 bits per heavy atom. The van der Waals surface area contributed by atoms with Crippen LogP contribution in [-0.2, 0) is 19.1 Å². The molecule has 2 unspecified atom stereocenters. The maximum absolute atomic E-state index is 12.0. The highest BCUT2D eigenvalue weighted by atomic mass is 16.5. The Bertz CT molecular complexity index is 367. The van der Waals surface area contributed by atoms with Crippen molar-refractivity contribution in [3.05, 3.63) is 0 Å².